The monoisotopic (exact) mass is 362 g/mol. The van der Waals surface area contributed by atoms with Crippen LogP contribution in [-0.2, 0) is 11.3 Å². The van der Waals surface area contributed by atoms with E-state index in [0.717, 1.165) is 35.4 Å². The first-order valence-corrected chi connectivity index (χ1v) is 10.1. The van der Waals surface area contributed by atoms with Gasteiger partial charge in [0.05, 0.1) is 5.75 Å². The van der Waals surface area contributed by atoms with Crippen molar-refractivity contribution in [2.45, 2.75) is 43.1 Å². The Kier molecular flexibility index (Phi) is 6.09. The number of amides is 1. The maximum atomic E-state index is 12.3. The molecule has 1 aliphatic rings. The lowest BCUT2D eigenvalue weighted by molar-refractivity contribution is -0.131. The quantitative estimate of drug-likeness (QED) is 0.795. The van der Waals surface area contributed by atoms with Crippen LogP contribution in [0.15, 0.2) is 34.7 Å². The molecule has 1 fully saturated rings. The SMILES string of the molecule is C[C@@H]1CCCCN1C(=O)CSc1nnc(NCc2ccccc2)s1. The van der Waals surface area contributed by atoms with Crippen molar-refractivity contribution >= 4 is 34.1 Å². The maximum Gasteiger partial charge on any atom is 0.233 e. The average molecular weight is 363 g/mol. The van der Waals surface area contributed by atoms with Crippen molar-refractivity contribution in [3.8, 4) is 0 Å². The van der Waals surface area contributed by atoms with Crippen molar-refractivity contribution in [1.29, 1.82) is 0 Å². The van der Waals surface area contributed by atoms with Gasteiger partial charge in [0.15, 0.2) is 4.34 Å². The van der Waals surface area contributed by atoms with Gasteiger partial charge in [0.1, 0.15) is 0 Å². The van der Waals surface area contributed by atoms with Crippen molar-refractivity contribution in [3.05, 3.63) is 35.9 Å². The third kappa shape index (κ3) is 4.70. The molecular weight excluding hydrogens is 340 g/mol. The summed E-state index contributed by atoms with van der Waals surface area (Å²) in [6.45, 7) is 3.75. The number of aromatic nitrogens is 2. The molecule has 0 saturated carbocycles. The summed E-state index contributed by atoms with van der Waals surface area (Å²) >= 11 is 2.98. The first-order valence-electron chi connectivity index (χ1n) is 8.26. The summed E-state index contributed by atoms with van der Waals surface area (Å²) in [6.07, 6.45) is 3.46. The molecule has 128 valence electrons. The number of thioether (sulfide) groups is 1. The zero-order valence-electron chi connectivity index (χ0n) is 13.8. The molecule has 5 nitrogen and oxygen atoms in total. The second-order valence-corrected chi connectivity index (χ2v) is 8.13. The van der Waals surface area contributed by atoms with E-state index in [2.05, 4.69) is 34.6 Å². The van der Waals surface area contributed by atoms with Crippen molar-refractivity contribution < 1.29 is 4.79 Å². The van der Waals surface area contributed by atoms with Crippen LogP contribution in [0.4, 0.5) is 5.13 Å². The minimum atomic E-state index is 0.209. The van der Waals surface area contributed by atoms with Crippen LogP contribution in [0.3, 0.4) is 0 Å². The van der Waals surface area contributed by atoms with Crippen molar-refractivity contribution in [3.63, 3.8) is 0 Å². The Morgan fingerprint density at radius 1 is 1.33 bits per heavy atom. The number of nitrogens with one attached hydrogen (secondary N) is 1. The Morgan fingerprint density at radius 3 is 2.96 bits per heavy atom. The highest BCUT2D eigenvalue weighted by Gasteiger charge is 2.23. The minimum Gasteiger partial charge on any atom is -0.356 e. The third-order valence-corrected chi connectivity index (χ3v) is 6.13. The van der Waals surface area contributed by atoms with Gasteiger partial charge >= 0.3 is 0 Å². The molecule has 0 radical (unpaired) electrons. The Morgan fingerprint density at radius 2 is 2.17 bits per heavy atom. The highest BCUT2D eigenvalue weighted by Crippen LogP contribution is 2.27. The number of hydrogen-bond donors (Lipinski definition) is 1. The summed E-state index contributed by atoms with van der Waals surface area (Å²) in [5.74, 6) is 0.652. The van der Waals surface area contributed by atoms with E-state index in [0.29, 0.717) is 11.8 Å². The largest absolute Gasteiger partial charge is 0.356 e. The molecule has 1 saturated heterocycles. The van der Waals surface area contributed by atoms with E-state index in [4.69, 9.17) is 0 Å². The van der Waals surface area contributed by atoms with Gasteiger partial charge in [-0.2, -0.15) is 0 Å². The lowest BCUT2D eigenvalue weighted by atomic mass is 10.0. The number of carbonyl (C=O) groups is 1. The first kappa shape index (κ1) is 17.2. The Balaban J connectivity index is 1.46. The average Bonchev–Trinajstić information content (AvgIpc) is 3.07. The number of anilines is 1. The van der Waals surface area contributed by atoms with Gasteiger partial charge in [-0.1, -0.05) is 53.4 Å². The van der Waals surface area contributed by atoms with Gasteiger partial charge in [-0.25, -0.2) is 0 Å². The number of nitrogens with zero attached hydrogens (tertiary/aromatic N) is 3. The van der Waals surface area contributed by atoms with Crippen molar-refractivity contribution in [2.75, 3.05) is 17.6 Å². The van der Waals surface area contributed by atoms with Crippen LogP contribution >= 0.6 is 23.1 Å². The van der Waals surface area contributed by atoms with Gasteiger partial charge in [0, 0.05) is 19.1 Å². The highest BCUT2D eigenvalue weighted by molar-refractivity contribution is 8.01. The van der Waals surface area contributed by atoms with E-state index in [1.165, 1.54) is 35.1 Å². The zero-order valence-corrected chi connectivity index (χ0v) is 15.4. The van der Waals surface area contributed by atoms with Gasteiger partial charge in [0.25, 0.3) is 0 Å². The predicted octanol–water partition coefficient (Wildman–Crippen LogP) is 3.64. The molecule has 24 heavy (non-hydrogen) atoms. The molecule has 1 aromatic carbocycles. The molecule has 1 atom stereocenters. The molecule has 1 aromatic heterocycles. The predicted molar refractivity (Wildman–Crippen MR) is 99.4 cm³/mol. The van der Waals surface area contributed by atoms with Crippen LogP contribution in [-0.4, -0.2) is 39.3 Å². The second kappa shape index (κ2) is 8.48. The Labute approximate surface area is 150 Å². The van der Waals surface area contributed by atoms with Crippen LogP contribution in [0.1, 0.15) is 31.7 Å². The summed E-state index contributed by atoms with van der Waals surface area (Å²) in [5, 5.41) is 12.4. The molecule has 0 bridgehead atoms. The third-order valence-electron chi connectivity index (χ3n) is 4.14. The molecule has 1 aliphatic heterocycles. The lowest BCUT2D eigenvalue weighted by Crippen LogP contribution is -2.42. The maximum absolute atomic E-state index is 12.3. The zero-order chi connectivity index (χ0) is 16.8. The molecular formula is C17H22N4OS2. The minimum absolute atomic E-state index is 0.209. The molecule has 3 rings (SSSR count). The molecule has 1 amide bonds. The molecule has 2 aromatic rings. The van der Waals surface area contributed by atoms with Gasteiger partial charge in [-0.3, -0.25) is 4.79 Å². The number of rotatable bonds is 6. The molecule has 0 aliphatic carbocycles. The van der Waals surface area contributed by atoms with E-state index in [1.807, 2.05) is 23.1 Å². The molecule has 7 heteroatoms. The summed E-state index contributed by atoms with van der Waals surface area (Å²) in [4.78, 5) is 14.4. The first-order chi connectivity index (χ1) is 11.7. The topological polar surface area (TPSA) is 58.1 Å². The summed E-state index contributed by atoms with van der Waals surface area (Å²) in [5.41, 5.74) is 1.20. The Hall–Kier alpha value is -1.60. The van der Waals surface area contributed by atoms with E-state index >= 15 is 0 Å². The molecule has 2 heterocycles. The van der Waals surface area contributed by atoms with E-state index < -0.39 is 0 Å². The molecule has 1 N–H and O–H groups in total. The number of hydrogen-bond acceptors (Lipinski definition) is 6. The smallest absolute Gasteiger partial charge is 0.233 e. The molecule has 0 unspecified atom stereocenters. The summed E-state index contributed by atoms with van der Waals surface area (Å²) in [7, 11) is 0. The summed E-state index contributed by atoms with van der Waals surface area (Å²) in [6, 6.07) is 10.6. The van der Waals surface area contributed by atoms with Gasteiger partial charge < -0.3 is 10.2 Å². The Bertz CT molecular complexity index is 662. The fourth-order valence-electron chi connectivity index (χ4n) is 2.79. The fraction of sp³-hybridized carbons (Fsp3) is 0.471. The van der Waals surface area contributed by atoms with E-state index in [-0.39, 0.29) is 5.91 Å². The van der Waals surface area contributed by atoms with Gasteiger partial charge in [0.2, 0.25) is 11.0 Å². The van der Waals surface area contributed by atoms with Crippen LogP contribution in [0.2, 0.25) is 0 Å². The second-order valence-electron chi connectivity index (χ2n) is 5.93. The highest BCUT2D eigenvalue weighted by atomic mass is 32.2. The van der Waals surface area contributed by atoms with Crippen molar-refractivity contribution in [1.82, 2.24) is 15.1 Å². The summed E-state index contributed by atoms with van der Waals surface area (Å²) < 4.78 is 0.837. The van der Waals surface area contributed by atoms with Gasteiger partial charge in [-0.15, -0.1) is 10.2 Å². The standard InChI is InChI=1S/C17H22N4OS2/c1-13-7-5-6-10-21(13)15(22)12-23-17-20-19-16(24-17)18-11-14-8-3-2-4-9-14/h2-4,8-9,13H,5-7,10-12H2,1H3,(H,18,19)/t13-/m1/s1. The number of likely N-dealkylation sites (tertiary alicyclic amines) is 1. The number of piperidine rings is 1. The van der Waals surface area contributed by atoms with Crippen molar-refractivity contribution in [2.24, 2.45) is 0 Å². The fourth-order valence-corrected chi connectivity index (χ4v) is 4.42. The normalized spacial score (nSPS) is 17.7. The van der Waals surface area contributed by atoms with Crippen LogP contribution < -0.4 is 5.32 Å². The molecule has 0 spiro atoms. The van der Waals surface area contributed by atoms with E-state index in [1.54, 1.807) is 0 Å². The lowest BCUT2D eigenvalue weighted by Gasteiger charge is -2.33. The van der Waals surface area contributed by atoms with Gasteiger partial charge in [-0.05, 0) is 31.7 Å². The number of carbonyl (C=O) groups excluding carboxylic acids is 1. The number of benzene rings is 1. The van der Waals surface area contributed by atoms with Crippen LogP contribution in [0, 0.1) is 0 Å². The van der Waals surface area contributed by atoms with Crippen LogP contribution in [0.25, 0.3) is 0 Å². The van der Waals surface area contributed by atoms with Crippen LogP contribution in [0.5, 0.6) is 0 Å². The van der Waals surface area contributed by atoms with E-state index in [9.17, 15) is 4.79 Å².